The van der Waals surface area contributed by atoms with Crippen LogP contribution in [0.2, 0.25) is 0 Å². The molecule has 2 N–H and O–H groups in total. The Morgan fingerprint density at radius 3 is 2.41 bits per heavy atom. The predicted molar refractivity (Wildman–Crippen MR) is 73.1 cm³/mol. The summed E-state index contributed by atoms with van der Waals surface area (Å²) < 4.78 is 0. The molecule has 0 amide bonds. The van der Waals surface area contributed by atoms with E-state index in [2.05, 4.69) is 35.6 Å². The van der Waals surface area contributed by atoms with Gasteiger partial charge in [-0.25, -0.2) is 4.98 Å². The molecule has 1 saturated heterocycles. The van der Waals surface area contributed by atoms with Crippen LogP contribution in [-0.4, -0.2) is 46.5 Å². The molecule has 1 aliphatic heterocycles. The van der Waals surface area contributed by atoms with Crippen LogP contribution in [0.15, 0.2) is 6.20 Å². The Morgan fingerprint density at radius 2 is 1.94 bits per heavy atom. The van der Waals surface area contributed by atoms with Crippen molar-refractivity contribution in [3.8, 4) is 0 Å². The second-order valence-corrected chi connectivity index (χ2v) is 6.75. The normalized spacial score (nSPS) is 19.7. The molecule has 0 aromatic carbocycles. The molecule has 4 nitrogen and oxygen atoms in total. The van der Waals surface area contributed by atoms with Gasteiger partial charge in [0.1, 0.15) is 0 Å². The second kappa shape index (κ2) is 4.92. The summed E-state index contributed by atoms with van der Waals surface area (Å²) in [6.07, 6.45) is 1.90. The zero-order chi connectivity index (χ0) is 12.5. The van der Waals surface area contributed by atoms with Crippen LogP contribution >= 0.6 is 11.3 Å². The van der Waals surface area contributed by atoms with E-state index in [1.165, 1.54) is 4.88 Å². The molecule has 0 aliphatic carbocycles. The minimum absolute atomic E-state index is 0.293. The van der Waals surface area contributed by atoms with Crippen LogP contribution in [0, 0.1) is 0 Å². The van der Waals surface area contributed by atoms with Gasteiger partial charge in [0, 0.05) is 49.3 Å². The Hall–Kier alpha value is -0.650. The van der Waals surface area contributed by atoms with Crippen LogP contribution in [0.5, 0.6) is 0 Å². The highest BCUT2D eigenvalue weighted by Crippen LogP contribution is 2.20. The van der Waals surface area contributed by atoms with Gasteiger partial charge in [0.25, 0.3) is 0 Å². The molecule has 1 aromatic heterocycles. The van der Waals surface area contributed by atoms with Gasteiger partial charge in [-0.1, -0.05) is 0 Å². The molecule has 2 heterocycles. The first-order valence-electron chi connectivity index (χ1n) is 6.13. The molecular weight excluding hydrogens is 232 g/mol. The van der Waals surface area contributed by atoms with Gasteiger partial charge in [0.05, 0.1) is 0 Å². The Balaban J connectivity index is 1.83. The Labute approximate surface area is 107 Å². The van der Waals surface area contributed by atoms with Gasteiger partial charge in [-0.3, -0.25) is 9.80 Å². The van der Waals surface area contributed by atoms with Crippen LogP contribution in [-0.2, 0) is 6.54 Å². The molecule has 0 unspecified atom stereocenters. The SMILES string of the molecule is CC(C)(C)N1CCN(Cc2cnc(N)s2)CC1. The van der Waals surface area contributed by atoms with Gasteiger partial charge in [0.2, 0.25) is 0 Å². The third-order valence-corrected chi connectivity index (χ3v) is 4.08. The summed E-state index contributed by atoms with van der Waals surface area (Å²) in [5.74, 6) is 0. The highest BCUT2D eigenvalue weighted by atomic mass is 32.1. The first-order chi connectivity index (χ1) is 7.95. The monoisotopic (exact) mass is 254 g/mol. The summed E-state index contributed by atoms with van der Waals surface area (Å²) in [6.45, 7) is 12.4. The van der Waals surface area contributed by atoms with Crippen molar-refractivity contribution in [1.82, 2.24) is 14.8 Å². The summed E-state index contributed by atoms with van der Waals surface area (Å²) in [5.41, 5.74) is 5.94. The van der Waals surface area contributed by atoms with Crippen LogP contribution in [0.3, 0.4) is 0 Å². The molecule has 0 atom stereocenters. The van der Waals surface area contributed by atoms with E-state index in [4.69, 9.17) is 5.73 Å². The maximum Gasteiger partial charge on any atom is 0.180 e. The lowest BCUT2D eigenvalue weighted by atomic mass is 10.1. The fourth-order valence-electron chi connectivity index (χ4n) is 2.19. The number of anilines is 1. The molecule has 0 spiro atoms. The van der Waals surface area contributed by atoms with Gasteiger partial charge >= 0.3 is 0 Å². The van der Waals surface area contributed by atoms with Gasteiger partial charge in [-0.05, 0) is 20.8 Å². The van der Waals surface area contributed by atoms with E-state index >= 15 is 0 Å². The number of hydrogen-bond donors (Lipinski definition) is 1. The Morgan fingerprint density at radius 1 is 1.29 bits per heavy atom. The average Bonchev–Trinajstić information content (AvgIpc) is 2.63. The third kappa shape index (κ3) is 3.40. The summed E-state index contributed by atoms with van der Waals surface area (Å²) in [6, 6.07) is 0. The minimum Gasteiger partial charge on any atom is -0.375 e. The standard InChI is InChI=1S/C12H22N4S/c1-12(2,3)16-6-4-15(5-7-16)9-10-8-14-11(13)17-10/h8H,4-7,9H2,1-3H3,(H2,13,14). The molecule has 0 saturated carbocycles. The number of nitrogens with two attached hydrogens (primary N) is 1. The molecule has 1 aliphatic rings. The quantitative estimate of drug-likeness (QED) is 0.871. The Kier molecular flexibility index (Phi) is 3.70. The fourth-order valence-corrected chi connectivity index (χ4v) is 2.92. The van der Waals surface area contributed by atoms with E-state index in [-0.39, 0.29) is 0 Å². The van der Waals surface area contributed by atoms with Crippen molar-refractivity contribution in [3.63, 3.8) is 0 Å². The zero-order valence-electron chi connectivity index (χ0n) is 10.9. The lowest BCUT2D eigenvalue weighted by molar-refractivity contribution is 0.0595. The summed E-state index contributed by atoms with van der Waals surface area (Å²) in [4.78, 5) is 10.4. The number of piperazine rings is 1. The van der Waals surface area contributed by atoms with E-state index in [0.29, 0.717) is 10.7 Å². The van der Waals surface area contributed by atoms with E-state index in [0.717, 1.165) is 32.7 Å². The number of rotatable bonds is 2. The van der Waals surface area contributed by atoms with Crippen LogP contribution in [0.25, 0.3) is 0 Å². The first kappa shape index (κ1) is 12.8. The third-order valence-electron chi connectivity index (χ3n) is 3.27. The number of hydrogen-bond acceptors (Lipinski definition) is 5. The largest absolute Gasteiger partial charge is 0.375 e. The highest BCUT2D eigenvalue weighted by molar-refractivity contribution is 7.15. The van der Waals surface area contributed by atoms with Gasteiger partial charge in [-0.2, -0.15) is 0 Å². The van der Waals surface area contributed by atoms with E-state index < -0.39 is 0 Å². The summed E-state index contributed by atoms with van der Waals surface area (Å²) in [5, 5.41) is 0.674. The highest BCUT2D eigenvalue weighted by Gasteiger charge is 2.25. The maximum atomic E-state index is 5.64. The first-order valence-corrected chi connectivity index (χ1v) is 6.94. The van der Waals surface area contributed by atoms with Gasteiger partial charge in [-0.15, -0.1) is 11.3 Å². The minimum atomic E-state index is 0.293. The van der Waals surface area contributed by atoms with Crippen LogP contribution in [0.1, 0.15) is 25.6 Å². The molecular formula is C12H22N4S. The molecule has 1 aromatic rings. The molecule has 0 bridgehead atoms. The molecule has 1 fully saturated rings. The maximum absolute atomic E-state index is 5.64. The number of thiazole rings is 1. The van der Waals surface area contributed by atoms with Crippen molar-refractivity contribution >= 4 is 16.5 Å². The Bertz CT molecular complexity index is 361. The van der Waals surface area contributed by atoms with Crippen molar-refractivity contribution in [3.05, 3.63) is 11.1 Å². The lowest BCUT2D eigenvalue weighted by Crippen LogP contribution is -2.53. The molecule has 2 rings (SSSR count). The van der Waals surface area contributed by atoms with Gasteiger partial charge in [0.15, 0.2) is 5.13 Å². The zero-order valence-corrected chi connectivity index (χ0v) is 11.8. The molecule has 17 heavy (non-hydrogen) atoms. The number of nitrogen functional groups attached to an aromatic ring is 1. The van der Waals surface area contributed by atoms with E-state index in [1.54, 1.807) is 11.3 Å². The van der Waals surface area contributed by atoms with Crippen molar-refractivity contribution in [1.29, 1.82) is 0 Å². The summed E-state index contributed by atoms with van der Waals surface area (Å²) in [7, 11) is 0. The smallest absolute Gasteiger partial charge is 0.180 e. The molecule has 5 heteroatoms. The van der Waals surface area contributed by atoms with Crippen LogP contribution < -0.4 is 5.73 Å². The van der Waals surface area contributed by atoms with Crippen molar-refractivity contribution in [2.45, 2.75) is 32.9 Å². The van der Waals surface area contributed by atoms with E-state index in [9.17, 15) is 0 Å². The van der Waals surface area contributed by atoms with Crippen molar-refractivity contribution < 1.29 is 0 Å². The molecule has 0 radical (unpaired) electrons. The number of nitrogens with zero attached hydrogens (tertiary/aromatic N) is 3. The van der Waals surface area contributed by atoms with E-state index in [1.807, 2.05) is 6.20 Å². The summed E-state index contributed by atoms with van der Waals surface area (Å²) >= 11 is 1.60. The van der Waals surface area contributed by atoms with Crippen molar-refractivity contribution in [2.75, 3.05) is 31.9 Å². The van der Waals surface area contributed by atoms with Gasteiger partial charge < -0.3 is 5.73 Å². The average molecular weight is 254 g/mol. The lowest BCUT2D eigenvalue weighted by Gasteiger charge is -2.42. The number of aromatic nitrogens is 1. The van der Waals surface area contributed by atoms with Crippen molar-refractivity contribution in [2.24, 2.45) is 0 Å². The molecule has 96 valence electrons. The topological polar surface area (TPSA) is 45.4 Å². The second-order valence-electron chi connectivity index (χ2n) is 5.60. The predicted octanol–water partition coefficient (Wildman–Crippen LogP) is 1.64. The van der Waals surface area contributed by atoms with Crippen LogP contribution in [0.4, 0.5) is 5.13 Å². The fraction of sp³-hybridized carbons (Fsp3) is 0.750.